The van der Waals surface area contributed by atoms with Gasteiger partial charge in [-0.05, 0) is 6.07 Å². The predicted octanol–water partition coefficient (Wildman–Crippen LogP) is 2.57. The maximum atomic E-state index is 10.8. The van der Waals surface area contributed by atoms with Gasteiger partial charge in [-0.3, -0.25) is 4.79 Å². The average molecular weight is 217 g/mol. The number of nitrogens with zero attached hydrogens (tertiary/aromatic N) is 1. The van der Waals surface area contributed by atoms with Gasteiger partial charge in [0.2, 0.25) is 5.91 Å². The molecule has 1 amide bonds. The zero-order chi connectivity index (χ0) is 10.7. The van der Waals surface area contributed by atoms with Crippen molar-refractivity contribution >= 4 is 22.4 Å². The van der Waals surface area contributed by atoms with E-state index in [1.54, 1.807) is 0 Å². The van der Waals surface area contributed by atoms with Crippen LogP contribution in [-0.4, -0.2) is 10.9 Å². The average Bonchev–Trinajstić information content (AvgIpc) is 2.67. The zero-order valence-electron chi connectivity index (χ0n) is 8.15. The second-order valence-corrected chi connectivity index (χ2v) is 3.87. The predicted molar refractivity (Wildman–Crippen MR) is 60.7 cm³/mol. The van der Waals surface area contributed by atoms with E-state index in [-0.39, 0.29) is 5.91 Å². The highest BCUT2D eigenvalue weighted by Crippen LogP contribution is 2.24. The lowest BCUT2D eigenvalue weighted by Crippen LogP contribution is -2.04. The van der Waals surface area contributed by atoms with Gasteiger partial charge in [-0.25, -0.2) is 4.98 Å². The smallest absolute Gasteiger partial charge is 0.223 e. The highest BCUT2D eigenvalue weighted by molar-refractivity contribution is 7.14. The molecule has 15 heavy (non-hydrogen) atoms. The normalized spacial score (nSPS) is 9.93. The second kappa shape index (κ2) is 4.23. The maximum Gasteiger partial charge on any atom is 0.223 e. The van der Waals surface area contributed by atoms with Crippen LogP contribution in [0, 0.1) is 6.07 Å². The summed E-state index contributed by atoms with van der Waals surface area (Å²) in [6.45, 7) is 1.47. The minimum atomic E-state index is -0.0997. The molecular weight excluding hydrogens is 208 g/mol. The molecular formula is C11H9N2OS. The topological polar surface area (TPSA) is 42.0 Å². The molecule has 0 aliphatic heterocycles. The zero-order valence-corrected chi connectivity index (χ0v) is 8.97. The highest BCUT2D eigenvalue weighted by atomic mass is 32.1. The fourth-order valence-corrected chi connectivity index (χ4v) is 1.94. The number of carbonyl (C=O) groups is 1. The largest absolute Gasteiger partial charge is 0.302 e. The van der Waals surface area contributed by atoms with Crippen molar-refractivity contribution in [2.45, 2.75) is 6.92 Å². The molecule has 0 unspecified atom stereocenters. The van der Waals surface area contributed by atoms with Crippen LogP contribution in [0.4, 0.5) is 5.13 Å². The Morgan fingerprint density at radius 3 is 2.87 bits per heavy atom. The number of rotatable bonds is 2. The Morgan fingerprint density at radius 2 is 2.20 bits per heavy atom. The van der Waals surface area contributed by atoms with Gasteiger partial charge in [0.05, 0.1) is 5.69 Å². The quantitative estimate of drug-likeness (QED) is 0.840. The molecule has 0 saturated carbocycles. The number of anilines is 1. The van der Waals surface area contributed by atoms with Crippen molar-refractivity contribution in [3.05, 3.63) is 35.7 Å². The van der Waals surface area contributed by atoms with Gasteiger partial charge < -0.3 is 5.32 Å². The summed E-state index contributed by atoms with van der Waals surface area (Å²) in [4.78, 5) is 15.1. The molecule has 0 bridgehead atoms. The van der Waals surface area contributed by atoms with E-state index in [2.05, 4.69) is 16.4 Å². The summed E-state index contributed by atoms with van der Waals surface area (Å²) in [7, 11) is 0. The monoisotopic (exact) mass is 217 g/mol. The third kappa shape index (κ3) is 2.41. The number of benzene rings is 1. The SMILES string of the molecule is CC(=O)Nc1nc(-c2cc[c]cc2)cs1. The summed E-state index contributed by atoms with van der Waals surface area (Å²) in [5, 5.41) is 5.20. The number of amides is 1. The van der Waals surface area contributed by atoms with Gasteiger partial charge in [0, 0.05) is 17.9 Å². The van der Waals surface area contributed by atoms with Crippen LogP contribution in [0.15, 0.2) is 29.6 Å². The number of thiazole rings is 1. The summed E-state index contributed by atoms with van der Waals surface area (Å²) >= 11 is 1.42. The molecule has 0 atom stereocenters. The Bertz CT molecular complexity index is 464. The summed E-state index contributed by atoms with van der Waals surface area (Å²) < 4.78 is 0. The molecule has 1 heterocycles. The first-order valence-corrected chi connectivity index (χ1v) is 5.33. The standard InChI is InChI=1S/C11H9N2OS/c1-8(14)12-11-13-10(7-15-11)9-5-3-2-4-6-9/h3-7H,1H3,(H,12,13,14). The number of hydrogen-bond donors (Lipinski definition) is 1. The van der Waals surface area contributed by atoms with E-state index in [0.717, 1.165) is 11.3 Å². The van der Waals surface area contributed by atoms with Gasteiger partial charge in [0.1, 0.15) is 0 Å². The van der Waals surface area contributed by atoms with E-state index in [9.17, 15) is 4.79 Å². The van der Waals surface area contributed by atoms with E-state index in [0.29, 0.717) is 5.13 Å². The van der Waals surface area contributed by atoms with Gasteiger partial charge in [-0.15, -0.1) is 11.3 Å². The first-order chi connectivity index (χ1) is 7.25. The minimum Gasteiger partial charge on any atom is -0.302 e. The Kier molecular flexibility index (Phi) is 2.78. The molecule has 0 aliphatic rings. The Balaban J connectivity index is 2.24. The fourth-order valence-electron chi connectivity index (χ4n) is 1.17. The van der Waals surface area contributed by atoms with Crippen molar-refractivity contribution in [3.63, 3.8) is 0 Å². The molecule has 2 rings (SSSR count). The van der Waals surface area contributed by atoms with E-state index >= 15 is 0 Å². The minimum absolute atomic E-state index is 0.0997. The molecule has 2 aromatic rings. The summed E-state index contributed by atoms with van der Waals surface area (Å²) in [5.41, 5.74) is 1.90. The third-order valence-corrected chi connectivity index (χ3v) is 2.56. The molecule has 1 aromatic heterocycles. The first kappa shape index (κ1) is 9.86. The van der Waals surface area contributed by atoms with Crippen LogP contribution in [0.1, 0.15) is 6.92 Å². The molecule has 4 heteroatoms. The number of aromatic nitrogens is 1. The van der Waals surface area contributed by atoms with Gasteiger partial charge in [0.15, 0.2) is 5.13 Å². The van der Waals surface area contributed by atoms with Crippen LogP contribution < -0.4 is 5.32 Å². The second-order valence-electron chi connectivity index (χ2n) is 3.01. The van der Waals surface area contributed by atoms with Gasteiger partial charge in [0.25, 0.3) is 0 Å². The van der Waals surface area contributed by atoms with Crippen molar-refractivity contribution in [1.82, 2.24) is 4.98 Å². The molecule has 1 N–H and O–H groups in total. The Hall–Kier alpha value is -1.68. The van der Waals surface area contributed by atoms with E-state index in [1.165, 1.54) is 18.3 Å². The number of hydrogen-bond acceptors (Lipinski definition) is 3. The van der Waals surface area contributed by atoms with Crippen LogP contribution in [0.25, 0.3) is 11.3 Å². The Morgan fingerprint density at radius 1 is 1.47 bits per heavy atom. The molecule has 0 aliphatic carbocycles. The van der Waals surface area contributed by atoms with Crippen molar-refractivity contribution in [2.75, 3.05) is 5.32 Å². The lowest BCUT2D eigenvalue weighted by molar-refractivity contribution is -0.114. The summed E-state index contributed by atoms with van der Waals surface area (Å²) in [6.07, 6.45) is 0. The Labute approximate surface area is 91.8 Å². The van der Waals surface area contributed by atoms with Crippen LogP contribution >= 0.6 is 11.3 Å². The van der Waals surface area contributed by atoms with E-state index in [4.69, 9.17) is 0 Å². The van der Waals surface area contributed by atoms with Crippen molar-refractivity contribution in [2.24, 2.45) is 0 Å². The van der Waals surface area contributed by atoms with Crippen LogP contribution in [0.5, 0.6) is 0 Å². The number of carbonyl (C=O) groups excluding carboxylic acids is 1. The molecule has 0 saturated heterocycles. The first-order valence-electron chi connectivity index (χ1n) is 4.45. The van der Waals surface area contributed by atoms with Gasteiger partial charge >= 0.3 is 0 Å². The lowest BCUT2D eigenvalue weighted by Gasteiger charge is -1.95. The molecule has 1 aromatic carbocycles. The molecule has 0 fully saturated rings. The molecule has 3 nitrogen and oxygen atoms in total. The van der Waals surface area contributed by atoms with Crippen LogP contribution in [-0.2, 0) is 4.79 Å². The molecule has 0 spiro atoms. The molecule has 75 valence electrons. The van der Waals surface area contributed by atoms with Crippen molar-refractivity contribution in [3.8, 4) is 11.3 Å². The summed E-state index contributed by atoms with van der Waals surface area (Å²) in [5.74, 6) is -0.0997. The highest BCUT2D eigenvalue weighted by Gasteiger charge is 2.04. The maximum absolute atomic E-state index is 10.8. The van der Waals surface area contributed by atoms with E-state index < -0.39 is 0 Å². The van der Waals surface area contributed by atoms with Gasteiger partial charge in [-0.1, -0.05) is 24.3 Å². The van der Waals surface area contributed by atoms with Crippen LogP contribution in [0.2, 0.25) is 0 Å². The van der Waals surface area contributed by atoms with Crippen LogP contribution in [0.3, 0.4) is 0 Å². The number of nitrogens with one attached hydrogen (secondary N) is 1. The van der Waals surface area contributed by atoms with Crippen molar-refractivity contribution in [1.29, 1.82) is 0 Å². The van der Waals surface area contributed by atoms with Crippen molar-refractivity contribution < 1.29 is 4.79 Å². The lowest BCUT2D eigenvalue weighted by atomic mass is 10.2. The van der Waals surface area contributed by atoms with E-state index in [1.807, 2.05) is 29.6 Å². The fraction of sp³-hybridized carbons (Fsp3) is 0.0909. The third-order valence-electron chi connectivity index (χ3n) is 1.80. The molecule has 1 radical (unpaired) electrons. The summed E-state index contributed by atoms with van der Waals surface area (Å²) in [6, 6.07) is 10.5. The van der Waals surface area contributed by atoms with Gasteiger partial charge in [-0.2, -0.15) is 0 Å².